The fourth-order valence-electron chi connectivity index (χ4n) is 5.66. The fourth-order valence-corrected chi connectivity index (χ4v) is 14.8. The van der Waals surface area contributed by atoms with E-state index < -0.39 is 21.3 Å². The van der Waals surface area contributed by atoms with E-state index >= 15 is 0 Å². The molecule has 4 aromatic carbocycles. The monoisotopic (exact) mass is 514 g/mol. The van der Waals surface area contributed by atoms with Crippen molar-refractivity contribution in [2.45, 2.75) is 23.4 Å². The third kappa shape index (κ3) is 3.77. The summed E-state index contributed by atoms with van der Waals surface area (Å²) in [5, 5.41) is 0. The molecule has 0 heterocycles. The Bertz CT molecular complexity index is 1350. The predicted octanol–water partition coefficient (Wildman–Crippen LogP) is 8.27. The normalized spacial score (nSPS) is 14.3. The topological polar surface area (TPSA) is 0 Å². The van der Waals surface area contributed by atoms with Crippen LogP contribution in [0.5, 0.6) is 0 Å². The Hall–Kier alpha value is -2.89. The van der Waals surface area contributed by atoms with Gasteiger partial charge in [0.25, 0.3) is 0 Å². The van der Waals surface area contributed by atoms with Gasteiger partial charge in [0.05, 0.1) is 0 Å². The van der Waals surface area contributed by atoms with Gasteiger partial charge in [0, 0.05) is 0 Å². The first-order valence-corrected chi connectivity index (χ1v) is 16.2. The molecule has 0 unspecified atom stereocenters. The molecule has 0 aromatic heterocycles. The summed E-state index contributed by atoms with van der Waals surface area (Å²) in [4.78, 5) is 0. The van der Waals surface area contributed by atoms with Gasteiger partial charge in [0.2, 0.25) is 0 Å². The molecule has 0 atom stereocenters. The maximum atomic E-state index is 2.57. The van der Waals surface area contributed by atoms with Crippen molar-refractivity contribution in [3.05, 3.63) is 152 Å². The van der Waals surface area contributed by atoms with Crippen LogP contribution in [0.1, 0.15) is 45.6 Å². The summed E-state index contributed by atoms with van der Waals surface area (Å²) in [5.74, 6) is 0. The molecule has 0 nitrogen and oxygen atoms in total. The molecule has 4 aromatic rings. The van der Waals surface area contributed by atoms with E-state index in [9.17, 15) is 0 Å². The Morgan fingerprint density at radius 3 is 1.68 bits per heavy atom. The molecule has 2 aliphatic rings. The van der Waals surface area contributed by atoms with Gasteiger partial charge in [-0.3, -0.25) is 0 Å². The van der Waals surface area contributed by atoms with Crippen molar-refractivity contribution >= 4 is 3.21 Å². The van der Waals surface area contributed by atoms with Crippen LogP contribution in [0.3, 0.4) is 0 Å². The molecule has 0 N–H and O–H groups in total. The average Bonchev–Trinajstić information content (AvgIpc) is 3.51. The fraction of sp³-hybridized carbons (Fsp3) is 0.121. The first-order valence-electron chi connectivity index (χ1n) is 12.3. The van der Waals surface area contributed by atoms with Crippen LogP contribution < -0.4 is 0 Å². The van der Waals surface area contributed by atoms with E-state index in [-0.39, 0.29) is 0 Å². The Morgan fingerprint density at radius 2 is 1.18 bits per heavy atom. The molecular formula is C33H28Zr. The minimum atomic E-state index is -2.53. The Labute approximate surface area is 210 Å². The number of rotatable bonds is 5. The van der Waals surface area contributed by atoms with Crippen molar-refractivity contribution in [2.24, 2.45) is 0 Å². The number of allylic oxidation sites excluding steroid dienone is 4. The SMILES string of the molecule is CCC1=CC[C]([Zr](=[C](c2ccccc2)c2ccccc2)[CH]2c3ccccc3-c3ccccc32)=C1. The van der Waals surface area contributed by atoms with Crippen molar-refractivity contribution in [3.8, 4) is 11.1 Å². The Kier molecular flexibility index (Phi) is 5.98. The second-order valence-corrected chi connectivity index (χ2v) is 15.4. The second kappa shape index (κ2) is 9.40. The van der Waals surface area contributed by atoms with Crippen LogP contribution in [-0.4, -0.2) is 3.21 Å². The summed E-state index contributed by atoms with van der Waals surface area (Å²) in [5.41, 5.74) is 10.2. The van der Waals surface area contributed by atoms with Crippen LogP contribution in [0.25, 0.3) is 11.1 Å². The zero-order chi connectivity index (χ0) is 22.9. The van der Waals surface area contributed by atoms with Gasteiger partial charge < -0.3 is 0 Å². The molecule has 2 aliphatic carbocycles. The van der Waals surface area contributed by atoms with E-state index in [2.05, 4.69) is 128 Å². The number of hydrogen-bond acceptors (Lipinski definition) is 0. The molecule has 1 heteroatoms. The molecule has 0 fully saturated rings. The van der Waals surface area contributed by atoms with Crippen LogP contribution in [-0.2, 0) is 21.3 Å². The van der Waals surface area contributed by atoms with Gasteiger partial charge in [0.15, 0.2) is 0 Å². The quantitative estimate of drug-likeness (QED) is 0.251. The summed E-state index contributed by atoms with van der Waals surface area (Å²) >= 11 is -2.53. The van der Waals surface area contributed by atoms with Gasteiger partial charge in [-0.25, -0.2) is 0 Å². The molecule has 0 spiro atoms. The molecular weight excluding hydrogens is 488 g/mol. The van der Waals surface area contributed by atoms with E-state index in [1.807, 2.05) is 0 Å². The van der Waals surface area contributed by atoms with Crippen molar-refractivity contribution in [1.29, 1.82) is 0 Å². The molecule has 0 bridgehead atoms. The minimum absolute atomic E-state index is 0.487. The summed E-state index contributed by atoms with van der Waals surface area (Å²) in [6.45, 7) is 2.29. The molecule has 164 valence electrons. The second-order valence-electron chi connectivity index (χ2n) is 9.13. The number of fused-ring (bicyclic) bond motifs is 3. The van der Waals surface area contributed by atoms with Crippen LogP contribution in [0, 0.1) is 0 Å². The summed E-state index contributed by atoms with van der Waals surface area (Å²) in [6.07, 6.45) is 7.28. The number of benzene rings is 4. The molecule has 34 heavy (non-hydrogen) atoms. The molecule has 0 amide bonds. The molecule has 6 rings (SSSR count). The standard InChI is InChI=1S/C13H9.C13H10.C7H9.Zr/c1-3-7-12-10(5-1)9-11-6-2-4-8-13(11)12;1-3-7-12(8-4-1)11-13-9-5-2-6-10-13;1-2-7-5-3-4-6-7;/h1-9H;1-10H;5-6H,2-3H2,1H3;. The van der Waals surface area contributed by atoms with Crippen LogP contribution in [0.4, 0.5) is 0 Å². The van der Waals surface area contributed by atoms with Crippen LogP contribution in [0.15, 0.2) is 130 Å². The first kappa shape index (κ1) is 21.6. The predicted molar refractivity (Wildman–Crippen MR) is 141 cm³/mol. The Balaban J connectivity index is 1.71. The van der Waals surface area contributed by atoms with Gasteiger partial charge in [-0.1, -0.05) is 0 Å². The van der Waals surface area contributed by atoms with Gasteiger partial charge in [-0.05, 0) is 0 Å². The van der Waals surface area contributed by atoms with E-state index in [4.69, 9.17) is 0 Å². The van der Waals surface area contributed by atoms with E-state index in [1.54, 1.807) is 6.49 Å². The third-order valence-corrected chi connectivity index (χ3v) is 15.5. The van der Waals surface area contributed by atoms with Crippen molar-refractivity contribution in [1.82, 2.24) is 0 Å². The zero-order valence-electron chi connectivity index (χ0n) is 19.5. The molecule has 0 saturated heterocycles. The summed E-state index contributed by atoms with van der Waals surface area (Å²) in [6, 6.07) is 40.8. The van der Waals surface area contributed by atoms with Crippen LogP contribution >= 0.6 is 0 Å². The first-order chi connectivity index (χ1) is 16.8. The molecule has 0 radical (unpaired) electrons. The van der Waals surface area contributed by atoms with Crippen molar-refractivity contribution in [3.63, 3.8) is 0 Å². The van der Waals surface area contributed by atoms with Crippen molar-refractivity contribution < 1.29 is 21.3 Å². The molecule has 0 saturated carbocycles. The van der Waals surface area contributed by atoms with Gasteiger partial charge >= 0.3 is 211 Å². The van der Waals surface area contributed by atoms with Gasteiger partial charge in [-0.15, -0.1) is 0 Å². The van der Waals surface area contributed by atoms with Gasteiger partial charge in [0.1, 0.15) is 0 Å². The van der Waals surface area contributed by atoms with Crippen molar-refractivity contribution in [2.75, 3.05) is 0 Å². The van der Waals surface area contributed by atoms with E-state index in [0.717, 1.165) is 12.8 Å². The Morgan fingerprint density at radius 1 is 0.676 bits per heavy atom. The zero-order valence-corrected chi connectivity index (χ0v) is 22.0. The van der Waals surface area contributed by atoms with Crippen LogP contribution in [0.2, 0.25) is 0 Å². The third-order valence-electron chi connectivity index (χ3n) is 7.21. The number of hydrogen-bond donors (Lipinski definition) is 0. The van der Waals surface area contributed by atoms with Gasteiger partial charge in [-0.2, -0.15) is 0 Å². The maximum absolute atomic E-state index is 2.57. The van der Waals surface area contributed by atoms with E-state index in [1.165, 1.54) is 39.0 Å². The summed E-state index contributed by atoms with van der Waals surface area (Å²) < 4.78 is 3.83. The van der Waals surface area contributed by atoms with E-state index in [0.29, 0.717) is 3.63 Å². The molecule has 0 aliphatic heterocycles. The summed E-state index contributed by atoms with van der Waals surface area (Å²) in [7, 11) is 0. The average molecular weight is 516 g/mol.